The Kier molecular flexibility index (Phi) is 6.06. The number of thioether (sulfide) groups is 1. The summed E-state index contributed by atoms with van der Waals surface area (Å²) in [4.78, 5) is 10.9. The van der Waals surface area contributed by atoms with Crippen LogP contribution in [0.15, 0.2) is 5.16 Å². The van der Waals surface area contributed by atoms with Crippen molar-refractivity contribution in [3.63, 3.8) is 0 Å². The molecule has 1 rings (SSSR count). The lowest BCUT2D eigenvalue weighted by Gasteiger charge is -2.09. The number of rotatable bonds is 8. The Morgan fingerprint density at radius 3 is 2.83 bits per heavy atom. The summed E-state index contributed by atoms with van der Waals surface area (Å²) in [5, 5.41) is 15.5. The van der Waals surface area contributed by atoms with E-state index in [1.807, 2.05) is 0 Å². The van der Waals surface area contributed by atoms with Crippen LogP contribution in [0.2, 0.25) is 0 Å². The third kappa shape index (κ3) is 5.01. The summed E-state index contributed by atoms with van der Waals surface area (Å²) in [6.45, 7) is 7.48. The first-order valence-corrected chi connectivity index (χ1v) is 6.91. The Hall–Kier alpha value is -1.15. The van der Waals surface area contributed by atoms with Gasteiger partial charge in [-0.05, 0) is 10.4 Å². The van der Waals surface area contributed by atoms with Crippen LogP contribution in [0.5, 0.6) is 0 Å². The largest absolute Gasteiger partial charge is 0.369 e. The normalized spacial score (nSPS) is 12.9. The number of amides is 1. The molecule has 1 amide bonds. The van der Waals surface area contributed by atoms with Crippen molar-refractivity contribution in [3.05, 3.63) is 0 Å². The van der Waals surface area contributed by atoms with E-state index in [4.69, 9.17) is 5.73 Å². The van der Waals surface area contributed by atoms with Crippen molar-refractivity contribution < 1.29 is 4.79 Å². The van der Waals surface area contributed by atoms with Gasteiger partial charge in [-0.15, -0.1) is 5.10 Å². The maximum Gasteiger partial charge on any atom is 0.221 e. The number of aromatic nitrogens is 4. The first-order valence-electron chi connectivity index (χ1n) is 5.92. The molecule has 0 saturated heterocycles. The zero-order chi connectivity index (χ0) is 13.5. The summed E-state index contributed by atoms with van der Waals surface area (Å²) >= 11 is 1.45. The van der Waals surface area contributed by atoms with Gasteiger partial charge in [0, 0.05) is 24.3 Å². The molecule has 3 N–H and O–H groups in total. The van der Waals surface area contributed by atoms with Crippen LogP contribution >= 0.6 is 11.8 Å². The lowest BCUT2D eigenvalue weighted by Crippen LogP contribution is -2.27. The van der Waals surface area contributed by atoms with Crippen LogP contribution in [-0.4, -0.2) is 44.5 Å². The summed E-state index contributed by atoms with van der Waals surface area (Å²) in [6.07, 6.45) is 0. The molecule has 1 heterocycles. The molecule has 1 aromatic heterocycles. The number of hydrogen-bond acceptors (Lipinski definition) is 6. The van der Waals surface area contributed by atoms with Gasteiger partial charge in [-0.3, -0.25) is 4.79 Å². The van der Waals surface area contributed by atoms with Gasteiger partial charge < -0.3 is 11.1 Å². The van der Waals surface area contributed by atoms with Crippen LogP contribution < -0.4 is 11.1 Å². The second-order valence-corrected chi connectivity index (χ2v) is 5.40. The standard InChI is InChI=1S/C10H20N6OS/c1-7(2)12-4-5-16-10(13-14-15-16)18-6-8(3)9(11)17/h7-8,12H,4-6H2,1-3H3,(H2,11,17). The SMILES string of the molecule is CC(C)NCCn1nnnc1SCC(C)C(N)=O. The molecule has 0 aliphatic carbocycles. The molecule has 7 nitrogen and oxygen atoms in total. The van der Waals surface area contributed by atoms with Gasteiger partial charge in [-0.2, -0.15) is 0 Å². The average molecular weight is 272 g/mol. The lowest BCUT2D eigenvalue weighted by molar-refractivity contribution is -0.120. The molecule has 0 aromatic carbocycles. The predicted molar refractivity (Wildman–Crippen MR) is 70.0 cm³/mol. The molecule has 18 heavy (non-hydrogen) atoms. The van der Waals surface area contributed by atoms with Crippen molar-refractivity contribution in [1.29, 1.82) is 0 Å². The van der Waals surface area contributed by atoms with E-state index in [0.717, 1.165) is 6.54 Å². The molecule has 0 bridgehead atoms. The maximum absolute atomic E-state index is 10.9. The molecule has 1 atom stereocenters. The smallest absolute Gasteiger partial charge is 0.221 e. The number of carbonyl (C=O) groups excluding carboxylic acids is 1. The molecular weight excluding hydrogens is 252 g/mol. The number of nitrogens with two attached hydrogens (primary N) is 1. The summed E-state index contributed by atoms with van der Waals surface area (Å²) in [6, 6.07) is 0.437. The van der Waals surface area contributed by atoms with Crippen LogP contribution in [0.3, 0.4) is 0 Å². The molecule has 0 aliphatic heterocycles. The molecule has 1 aromatic rings. The monoisotopic (exact) mass is 272 g/mol. The van der Waals surface area contributed by atoms with E-state index < -0.39 is 0 Å². The van der Waals surface area contributed by atoms with Gasteiger partial charge in [0.25, 0.3) is 0 Å². The Balaban J connectivity index is 2.42. The molecule has 0 radical (unpaired) electrons. The number of nitrogens with zero attached hydrogens (tertiary/aromatic N) is 4. The second-order valence-electron chi connectivity index (χ2n) is 4.41. The van der Waals surface area contributed by atoms with Gasteiger partial charge in [0.05, 0.1) is 6.54 Å². The second kappa shape index (κ2) is 7.32. The fourth-order valence-corrected chi connectivity index (χ4v) is 2.12. The van der Waals surface area contributed by atoms with Crippen molar-refractivity contribution >= 4 is 17.7 Å². The summed E-state index contributed by atoms with van der Waals surface area (Å²) in [5.41, 5.74) is 5.21. The highest BCUT2D eigenvalue weighted by molar-refractivity contribution is 7.99. The van der Waals surface area contributed by atoms with Crippen molar-refractivity contribution in [3.8, 4) is 0 Å². The highest BCUT2D eigenvalue weighted by atomic mass is 32.2. The third-order valence-electron chi connectivity index (χ3n) is 2.32. The van der Waals surface area contributed by atoms with Crippen LogP contribution in [0.25, 0.3) is 0 Å². The molecule has 0 saturated carbocycles. The number of hydrogen-bond donors (Lipinski definition) is 2. The first kappa shape index (κ1) is 14.9. The summed E-state index contributed by atoms with van der Waals surface area (Å²) < 4.78 is 1.73. The van der Waals surface area contributed by atoms with E-state index >= 15 is 0 Å². The van der Waals surface area contributed by atoms with Crippen LogP contribution in [0.4, 0.5) is 0 Å². The average Bonchev–Trinajstić information content (AvgIpc) is 2.73. The van der Waals surface area contributed by atoms with Gasteiger partial charge in [0.2, 0.25) is 11.1 Å². The fraction of sp³-hybridized carbons (Fsp3) is 0.800. The minimum absolute atomic E-state index is 0.186. The zero-order valence-corrected chi connectivity index (χ0v) is 11.8. The minimum atomic E-state index is -0.303. The zero-order valence-electron chi connectivity index (χ0n) is 11.0. The summed E-state index contributed by atoms with van der Waals surface area (Å²) in [5.74, 6) is 0.102. The number of tetrazole rings is 1. The number of primary amides is 1. The number of nitrogens with one attached hydrogen (secondary N) is 1. The first-order chi connectivity index (χ1) is 8.50. The van der Waals surface area contributed by atoms with E-state index in [9.17, 15) is 4.79 Å². The van der Waals surface area contributed by atoms with E-state index in [1.54, 1.807) is 11.6 Å². The van der Waals surface area contributed by atoms with Crippen LogP contribution in [-0.2, 0) is 11.3 Å². The van der Waals surface area contributed by atoms with Crippen molar-refractivity contribution in [2.24, 2.45) is 11.7 Å². The Morgan fingerprint density at radius 1 is 1.50 bits per heavy atom. The van der Waals surface area contributed by atoms with Gasteiger partial charge >= 0.3 is 0 Å². The Morgan fingerprint density at radius 2 is 2.22 bits per heavy atom. The predicted octanol–water partition coefficient (Wildman–Crippen LogP) is -0.115. The Bertz CT molecular complexity index is 380. The van der Waals surface area contributed by atoms with E-state index in [2.05, 4.69) is 34.7 Å². The molecular formula is C10H20N6OS. The van der Waals surface area contributed by atoms with Crippen molar-refractivity contribution in [2.45, 2.75) is 38.5 Å². The number of carbonyl (C=O) groups is 1. The highest BCUT2D eigenvalue weighted by Crippen LogP contribution is 2.16. The maximum atomic E-state index is 10.9. The quantitative estimate of drug-likeness (QED) is 0.640. The fourth-order valence-electron chi connectivity index (χ4n) is 1.18. The van der Waals surface area contributed by atoms with Gasteiger partial charge in [0.15, 0.2) is 0 Å². The van der Waals surface area contributed by atoms with E-state index in [-0.39, 0.29) is 11.8 Å². The lowest BCUT2D eigenvalue weighted by atomic mass is 10.2. The summed E-state index contributed by atoms with van der Waals surface area (Å²) in [7, 11) is 0. The van der Waals surface area contributed by atoms with E-state index in [0.29, 0.717) is 23.5 Å². The highest BCUT2D eigenvalue weighted by Gasteiger charge is 2.12. The van der Waals surface area contributed by atoms with Gasteiger partial charge in [0.1, 0.15) is 0 Å². The topological polar surface area (TPSA) is 98.7 Å². The molecule has 1 unspecified atom stereocenters. The van der Waals surface area contributed by atoms with Crippen LogP contribution in [0, 0.1) is 5.92 Å². The minimum Gasteiger partial charge on any atom is -0.369 e. The molecule has 8 heteroatoms. The van der Waals surface area contributed by atoms with Crippen LogP contribution in [0.1, 0.15) is 20.8 Å². The molecule has 102 valence electrons. The molecule has 0 fully saturated rings. The van der Waals surface area contributed by atoms with Crippen molar-refractivity contribution in [2.75, 3.05) is 12.3 Å². The van der Waals surface area contributed by atoms with Crippen molar-refractivity contribution in [1.82, 2.24) is 25.5 Å². The van der Waals surface area contributed by atoms with Gasteiger partial charge in [-0.1, -0.05) is 32.5 Å². The third-order valence-corrected chi connectivity index (χ3v) is 3.54. The Labute approximate surface area is 111 Å². The van der Waals surface area contributed by atoms with E-state index in [1.165, 1.54) is 11.8 Å². The molecule has 0 spiro atoms. The van der Waals surface area contributed by atoms with Gasteiger partial charge in [-0.25, -0.2) is 4.68 Å². The molecule has 0 aliphatic rings.